The van der Waals surface area contributed by atoms with Gasteiger partial charge in [-0.3, -0.25) is 20.0 Å². The van der Waals surface area contributed by atoms with Gasteiger partial charge in [0.05, 0.1) is 32.9 Å². The fourth-order valence-electron chi connectivity index (χ4n) is 4.47. The number of nitrogens with zero attached hydrogens (tertiary/aromatic N) is 2. The third-order valence-electron chi connectivity index (χ3n) is 6.08. The molecule has 0 aromatic heterocycles. The molecule has 0 spiro atoms. The quantitative estimate of drug-likeness (QED) is 0.494. The highest BCUT2D eigenvalue weighted by molar-refractivity contribution is 5.82. The van der Waals surface area contributed by atoms with Crippen molar-refractivity contribution in [1.82, 2.24) is 5.53 Å². The van der Waals surface area contributed by atoms with E-state index >= 15 is 0 Å². The van der Waals surface area contributed by atoms with Crippen LogP contribution in [-0.2, 0) is 0 Å². The molecule has 0 bridgehead atoms. The van der Waals surface area contributed by atoms with Crippen LogP contribution < -0.4 is 32.5 Å². The van der Waals surface area contributed by atoms with Gasteiger partial charge < -0.3 is 0 Å². The predicted molar refractivity (Wildman–Crippen MR) is 125 cm³/mol. The lowest BCUT2D eigenvalue weighted by atomic mass is 9.96. The Kier molecular flexibility index (Phi) is 5.50. The molecule has 6 nitrogen and oxygen atoms in total. The highest BCUT2D eigenvalue weighted by Gasteiger charge is 2.14. The molecule has 160 valence electrons. The molecule has 0 heterocycles. The van der Waals surface area contributed by atoms with Crippen LogP contribution in [0, 0.1) is 10.4 Å². The number of para-hydroxylation sites is 1. The van der Waals surface area contributed by atoms with E-state index in [1.54, 1.807) is 30.3 Å². The number of hydrazine groups is 1. The summed E-state index contributed by atoms with van der Waals surface area (Å²) < 4.78 is 0. The Balaban J connectivity index is 1.76. The first-order chi connectivity index (χ1) is 15.7. The Morgan fingerprint density at radius 3 is 1.97 bits per heavy atom. The van der Waals surface area contributed by atoms with Crippen LogP contribution in [0.4, 0.5) is 5.69 Å². The van der Waals surface area contributed by atoms with Gasteiger partial charge in [-0.15, -0.1) is 0 Å². The van der Waals surface area contributed by atoms with Crippen molar-refractivity contribution in [2.24, 2.45) is 10.1 Å². The molecule has 2 aromatic rings. The number of hydrogen-bond donors (Lipinski definition) is 2. The monoisotopic (exact) mass is 424 g/mol. The van der Waals surface area contributed by atoms with Gasteiger partial charge in [0.2, 0.25) is 0 Å². The number of hydrogen-bond acceptors (Lipinski definition) is 6. The summed E-state index contributed by atoms with van der Waals surface area (Å²) in [6.45, 7) is 0. The van der Waals surface area contributed by atoms with E-state index in [0.717, 1.165) is 31.4 Å². The summed E-state index contributed by atoms with van der Waals surface area (Å²) in [4.78, 5) is 31.8. The fraction of sp³-hybridized carbons (Fsp3) is 0.231. The van der Waals surface area contributed by atoms with E-state index in [1.807, 2.05) is 36.4 Å². The average molecular weight is 425 g/mol. The predicted octanol–water partition coefficient (Wildman–Crippen LogP) is 2.83. The van der Waals surface area contributed by atoms with Crippen LogP contribution >= 0.6 is 0 Å². The third-order valence-corrected chi connectivity index (χ3v) is 6.08. The number of fused-ring (bicyclic) bond motifs is 1. The van der Waals surface area contributed by atoms with Crippen LogP contribution in [-0.4, -0.2) is 6.04 Å². The van der Waals surface area contributed by atoms with Gasteiger partial charge in [0.25, 0.3) is 0 Å². The summed E-state index contributed by atoms with van der Waals surface area (Å²) in [7, 11) is 0. The number of anilines is 1. The molecule has 0 aliphatic heterocycles. The molecule has 0 atom stereocenters. The molecule has 32 heavy (non-hydrogen) atoms. The summed E-state index contributed by atoms with van der Waals surface area (Å²) in [5.74, 6) is 0. The third kappa shape index (κ3) is 3.80. The van der Waals surface area contributed by atoms with Gasteiger partial charge in [-0.05, 0) is 37.1 Å². The largest absolute Gasteiger partial charge is 0.288 e. The van der Waals surface area contributed by atoms with Crippen LogP contribution in [0.3, 0.4) is 0 Å². The molecular weight excluding hydrogens is 400 g/mol. The van der Waals surface area contributed by atoms with Gasteiger partial charge in [-0.2, -0.15) is 5.10 Å². The smallest absolute Gasteiger partial charge is 0.196 e. The average Bonchev–Trinajstić information content (AvgIpc) is 2.84. The van der Waals surface area contributed by atoms with E-state index in [9.17, 15) is 9.59 Å². The van der Waals surface area contributed by atoms with Crippen molar-refractivity contribution in [2.75, 3.05) is 5.43 Å². The van der Waals surface area contributed by atoms with Crippen LogP contribution in [0.25, 0.3) is 10.8 Å². The first-order valence-electron chi connectivity index (χ1n) is 11.1. The summed E-state index contributed by atoms with van der Waals surface area (Å²) >= 11 is 0. The zero-order valence-electron chi connectivity index (χ0n) is 17.7. The van der Waals surface area contributed by atoms with E-state index in [0.29, 0.717) is 31.9 Å². The normalized spacial score (nSPS) is 16.0. The molecule has 3 aliphatic rings. The van der Waals surface area contributed by atoms with Gasteiger partial charge in [0.1, 0.15) is 0 Å². The van der Waals surface area contributed by atoms with Crippen molar-refractivity contribution in [3.63, 3.8) is 0 Å². The zero-order chi connectivity index (χ0) is 21.9. The SMILES string of the molecule is O=c1c2c(=NC3CCCCC3)cc/c(=N/NNc3ccccc3)c=2c(=O)c2ccccc12. The minimum atomic E-state index is -0.198. The molecule has 0 unspecified atom stereocenters. The Morgan fingerprint density at radius 2 is 1.28 bits per heavy atom. The maximum absolute atomic E-state index is 13.5. The van der Waals surface area contributed by atoms with Crippen molar-refractivity contribution in [3.05, 3.63) is 108 Å². The standard InChI is InChI=1S/C26H24N4O2/c31-25-19-13-7-8-14-20(19)26(32)24-22(29-30-28-18-11-5-2-6-12-18)16-15-21(23(24)25)27-17-9-3-1-4-10-17/h2,5-8,11-17,28,30H,1,3-4,9-10H2/b27-21?,29-22-. The van der Waals surface area contributed by atoms with Crippen LogP contribution in [0.1, 0.15) is 32.1 Å². The Bertz CT molecular complexity index is 1550. The fourth-order valence-corrected chi connectivity index (χ4v) is 4.47. The molecule has 6 heteroatoms. The first kappa shape index (κ1) is 20.1. The van der Waals surface area contributed by atoms with Crippen LogP contribution in [0.5, 0.6) is 0 Å². The topological polar surface area (TPSA) is 82.9 Å². The molecule has 2 aromatic carbocycles. The molecule has 1 saturated carbocycles. The minimum Gasteiger partial charge on any atom is -0.288 e. The van der Waals surface area contributed by atoms with Gasteiger partial charge >= 0.3 is 0 Å². The molecule has 1 fully saturated rings. The van der Waals surface area contributed by atoms with Crippen LogP contribution in [0.2, 0.25) is 0 Å². The molecule has 3 aliphatic carbocycles. The van der Waals surface area contributed by atoms with Crippen molar-refractivity contribution >= 4 is 16.5 Å². The Hall–Kier alpha value is -3.80. The zero-order valence-corrected chi connectivity index (χ0v) is 17.7. The summed E-state index contributed by atoms with van der Waals surface area (Å²) in [6.07, 6.45) is 5.56. The van der Waals surface area contributed by atoms with Crippen LogP contribution in [0.15, 0.2) is 86.4 Å². The van der Waals surface area contributed by atoms with E-state index in [4.69, 9.17) is 4.99 Å². The molecule has 5 rings (SSSR count). The summed E-state index contributed by atoms with van der Waals surface area (Å²) in [6, 6.07) is 20.3. The molecule has 2 N–H and O–H groups in total. The Labute approximate surface area is 184 Å². The van der Waals surface area contributed by atoms with Crippen molar-refractivity contribution < 1.29 is 0 Å². The van der Waals surface area contributed by atoms with Crippen molar-refractivity contribution in [2.45, 2.75) is 38.1 Å². The van der Waals surface area contributed by atoms with Crippen molar-refractivity contribution in [3.8, 4) is 0 Å². The molecular formula is C26H24N4O2. The lowest BCUT2D eigenvalue weighted by Gasteiger charge is -2.17. The van der Waals surface area contributed by atoms with E-state index in [1.165, 1.54) is 6.42 Å². The lowest BCUT2D eigenvalue weighted by molar-refractivity contribution is 0.437. The Morgan fingerprint density at radius 1 is 0.688 bits per heavy atom. The van der Waals surface area contributed by atoms with Gasteiger partial charge in [0, 0.05) is 10.8 Å². The second-order valence-corrected chi connectivity index (χ2v) is 8.19. The van der Waals surface area contributed by atoms with E-state index < -0.39 is 0 Å². The number of benzene rings is 2. The number of rotatable bonds is 4. The second-order valence-electron chi connectivity index (χ2n) is 8.19. The minimum absolute atomic E-state index is 0.169. The summed E-state index contributed by atoms with van der Waals surface area (Å²) in [5, 5.41) is 6.91. The lowest BCUT2D eigenvalue weighted by Crippen LogP contribution is -2.31. The van der Waals surface area contributed by atoms with Gasteiger partial charge in [0.15, 0.2) is 10.9 Å². The number of nitrogens with one attached hydrogen (secondary N) is 2. The highest BCUT2D eigenvalue weighted by Crippen LogP contribution is 2.19. The summed E-state index contributed by atoms with van der Waals surface area (Å²) in [5.41, 5.74) is 6.27. The maximum Gasteiger partial charge on any atom is 0.196 e. The van der Waals surface area contributed by atoms with Crippen molar-refractivity contribution in [1.29, 1.82) is 0 Å². The highest BCUT2D eigenvalue weighted by atomic mass is 16.1. The van der Waals surface area contributed by atoms with E-state index in [-0.39, 0.29) is 16.9 Å². The molecule has 0 radical (unpaired) electrons. The first-order valence-corrected chi connectivity index (χ1v) is 11.1. The van der Waals surface area contributed by atoms with E-state index in [2.05, 4.69) is 16.1 Å². The van der Waals surface area contributed by atoms with Gasteiger partial charge in [-0.1, -0.05) is 61.7 Å². The second kappa shape index (κ2) is 8.75. The maximum atomic E-state index is 13.5. The molecule has 0 saturated heterocycles. The molecule has 0 amide bonds. The van der Waals surface area contributed by atoms with Gasteiger partial charge in [-0.25, -0.2) is 5.53 Å².